The van der Waals surface area contributed by atoms with E-state index < -0.39 is 18.3 Å². The number of hydrogen-bond acceptors (Lipinski definition) is 3. The Bertz CT molecular complexity index is 343. The third-order valence-electron chi connectivity index (χ3n) is 5.79. The number of aliphatic hydroxyl groups excluding tert-OH is 2. The second-order valence-electron chi connectivity index (χ2n) is 8.59. The van der Waals surface area contributed by atoms with E-state index in [1.807, 2.05) is 6.08 Å². The molecule has 168 valence electrons. The summed E-state index contributed by atoms with van der Waals surface area (Å²) in [6.07, 6.45) is 24.5. The highest BCUT2D eigenvalue weighted by molar-refractivity contribution is 5.05. The summed E-state index contributed by atoms with van der Waals surface area (Å²) in [7, 11) is 0. The number of allylic oxidation sites excluding steroid dienone is 1. The molecule has 0 aliphatic carbocycles. The molecule has 0 aromatic carbocycles. The van der Waals surface area contributed by atoms with E-state index in [4.69, 9.17) is 0 Å². The van der Waals surface area contributed by atoms with E-state index in [1.54, 1.807) is 6.08 Å². The van der Waals surface area contributed by atoms with Gasteiger partial charge in [-0.1, -0.05) is 129 Å². The van der Waals surface area contributed by atoms with Crippen molar-refractivity contribution in [2.45, 2.75) is 141 Å². The minimum absolute atomic E-state index is 0.421. The molecule has 0 rings (SSSR count). The Labute approximate surface area is 175 Å². The monoisotopic (exact) mass is 398 g/mol. The summed E-state index contributed by atoms with van der Waals surface area (Å²) in [5, 5.41) is 30.1. The maximum absolute atomic E-state index is 10.4. The quantitative estimate of drug-likeness (QED) is 0.149. The molecule has 3 heteroatoms. The Morgan fingerprint density at radius 1 is 0.679 bits per heavy atom. The fourth-order valence-electron chi connectivity index (χ4n) is 3.66. The SMILES string of the molecule is CCCC/C=C/[C@](O)(CO)[C@@H](O)CCCCCCCCCCCCCCCC. The largest absolute Gasteiger partial charge is 0.393 e. The van der Waals surface area contributed by atoms with Crippen molar-refractivity contribution in [3.63, 3.8) is 0 Å². The lowest BCUT2D eigenvalue weighted by Crippen LogP contribution is -2.43. The molecule has 0 unspecified atom stereocenters. The standard InChI is InChI=1S/C25H50O3/c1-3-5-7-9-10-11-12-13-14-15-16-17-18-19-21-24(27)25(28,23-26)22-20-8-6-4-2/h20,22,24,26-28H,3-19,21,23H2,1-2H3/b22-20+/t24-,25-/m0/s1. The van der Waals surface area contributed by atoms with Gasteiger partial charge in [-0.3, -0.25) is 0 Å². The summed E-state index contributed by atoms with van der Waals surface area (Å²) in [5.74, 6) is 0. The molecule has 0 aliphatic heterocycles. The van der Waals surface area contributed by atoms with Gasteiger partial charge in [-0.2, -0.15) is 0 Å². The van der Waals surface area contributed by atoms with E-state index in [-0.39, 0.29) is 0 Å². The molecule has 0 bridgehead atoms. The summed E-state index contributed by atoms with van der Waals surface area (Å²) in [6.45, 7) is 3.97. The summed E-state index contributed by atoms with van der Waals surface area (Å²) < 4.78 is 0. The third kappa shape index (κ3) is 15.5. The van der Waals surface area contributed by atoms with E-state index in [2.05, 4.69) is 13.8 Å². The molecular formula is C25H50O3. The fraction of sp³-hybridized carbons (Fsp3) is 0.920. The molecule has 0 aromatic rings. The topological polar surface area (TPSA) is 60.7 Å². The Balaban J connectivity index is 3.57. The Kier molecular flexibility index (Phi) is 19.6. The third-order valence-corrected chi connectivity index (χ3v) is 5.79. The molecule has 0 radical (unpaired) electrons. The number of rotatable bonds is 21. The lowest BCUT2D eigenvalue weighted by atomic mass is 9.92. The minimum Gasteiger partial charge on any atom is -0.393 e. The number of aliphatic hydroxyl groups is 3. The summed E-state index contributed by atoms with van der Waals surface area (Å²) in [4.78, 5) is 0. The van der Waals surface area contributed by atoms with Crippen LogP contribution in [-0.4, -0.2) is 33.6 Å². The molecule has 0 saturated carbocycles. The molecular weight excluding hydrogens is 348 g/mol. The van der Waals surface area contributed by atoms with Crippen LogP contribution in [0.25, 0.3) is 0 Å². The zero-order valence-electron chi connectivity index (χ0n) is 19.0. The van der Waals surface area contributed by atoms with Crippen LogP contribution >= 0.6 is 0 Å². The van der Waals surface area contributed by atoms with Crippen molar-refractivity contribution in [1.82, 2.24) is 0 Å². The van der Waals surface area contributed by atoms with Crippen LogP contribution in [0.2, 0.25) is 0 Å². The highest BCUT2D eigenvalue weighted by Gasteiger charge is 2.31. The van der Waals surface area contributed by atoms with Crippen molar-refractivity contribution in [1.29, 1.82) is 0 Å². The second-order valence-corrected chi connectivity index (χ2v) is 8.59. The van der Waals surface area contributed by atoms with Gasteiger partial charge >= 0.3 is 0 Å². The Hall–Kier alpha value is -0.380. The maximum Gasteiger partial charge on any atom is 0.131 e. The van der Waals surface area contributed by atoms with E-state index in [0.29, 0.717) is 6.42 Å². The van der Waals surface area contributed by atoms with Crippen molar-refractivity contribution in [2.75, 3.05) is 6.61 Å². The molecule has 0 heterocycles. The predicted octanol–water partition coefficient (Wildman–Crippen LogP) is 6.69. The van der Waals surface area contributed by atoms with Crippen molar-refractivity contribution in [3.05, 3.63) is 12.2 Å². The first-order valence-corrected chi connectivity index (χ1v) is 12.3. The fourth-order valence-corrected chi connectivity index (χ4v) is 3.66. The Morgan fingerprint density at radius 3 is 1.54 bits per heavy atom. The number of unbranched alkanes of at least 4 members (excludes halogenated alkanes) is 15. The van der Waals surface area contributed by atoms with Crippen molar-refractivity contribution in [2.24, 2.45) is 0 Å². The average Bonchev–Trinajstić information content (AvgIpc) is 2.71. The minimum atomic E-state index is -1.48. The van der Waals surface area contributed by atoms with Crippen LogP contribution in [0.1, 0.15) is 129 Å². The predicted molar refractivity (Wildman–Crippen MR) is 122 cm³/mol. The molecule has 0 spiro atoms. The van der Waals surface area contributed by atoms with Gasteiger partial charge in [0.2, 0.25) is 0 Å². The molecule has 0 saturated heterocycles. The summed E-state index contributed by atoms with van der Waals surface area (Å²) in [6, 6.07) is 0. The van der Waals surface area contributed by atoms with Crippen LogP contribution in [0.3, 0.4) is 0 Å². The van der Waals surface area contributed by atoms with Crippen molar-refractivity contribution < 1.29 is 15.3 Å². The smallest absolute Gasteiger partial charge is 0.131 e. The zero-order valence-corrected chi connectivity index (χ0v) is 19.0. The van der Waals surface area contributed by atoms with Gasteiger partial charge in [0.1, 0.15) is 5.60 Å². The van der Waals surface area contributed by atoms with Gasteiger partial charge in [0.15, 0.2) is 0 Å². The van der Waals surface area contributed by atoms with Crippen LogP contribution in [0.5, 0.6) is 0 Å². The molecule has 0 amide bonds. The van der Waals surface area contributed by atoms with Crippen LogP contribution in [0.4, 0.5) is 0 Å². The molecule has 3 nitrogen and oxygen atoms in total. The highest BCUT2D eigenvalue weighted by atomic mass is 16.4. The normalized spacial score (nSPS) is 15.2. The summed E-state index contributed by atoms with van der Waals surface area (Å²) >= 11 is 0. The average molecular weight is 399 g/mol. The molecule has 0 aliphatic rings. The first kappa shape index (κ1) is 27.6. The van der Waals surface area contributed by atoms with Crippen molar-refractivity contribution >= 4 is 0 Å². The number of hydrogen-bond donors (Lipinski definition) is 3. The van der Waals surface area contributed by atoms with Gasteiger partial charge in [-0.25, -0.2) is 0 Å². The van der Waals surface area contributed by atoms with Crippen LogP contribution in [-0.2, 0) is 0 Å². The summed E-state index contributed by atoms with van der Waals surface area (Å²) in [5.41, 5.74) is -1.48. The molecule has 0 fully saturated rings. The van der Waals surface area contributed by atoms with Gasteiger partial charge in [-0.15, -0.1) is 0 Å². The Morgan fingerprint density at radius 2 is 1.11 bits per heavy atom. The lowest BCUT2D eigenvalue weighted by Gasteiger charge is -2.28. The molecule has 0 aromatic heterocycles. The first-order valence-electron chi connectivity index (χ1n) is 12.3. The van der Waals surface area contributed by atoms with E-state index in [9.17, 15) is 15.3 Å². The van der Waals surface area contributed by atoms with Crippen LogP contribution in [0.15, 0.2) is 12.2 Å². The van der Waals surface area contributed by atoms with E-state index in [1.165, 1.54) is 77.0 Å². The van der Waals surface area contributed by atoms with Gasteiger partial charge in [-0.05, 0) is 12.8 Å². The second kappa shape index (κ2) is 19.9. The van der Waals surface area contributed by atoms with E-state index in [0.717, 1.165) is 32.1 Å². The van der Waals surface area contributed by atoms with Gasteiger partial charge in [0.25, 0.3) is 0 Å². The molecule has 3 N–H and O–H groups in total. The molecule has 2 atom stereocenters. The van der Waals surface area contributed by atoms with Gasteiger partial charge < -0.3 is 15.3 Å². The van der Waals surface area contributed by atoms with Crippen LogP contribution < -0.4 is 0 Å². The zero-order chi connectivity index (χ0) is 20.9. The van der Waals surface area contributed by atoms with Crippen molar-refractivity contribution in [3.8, 4) is 0 Å². The molecule has 28 heavy (non-hydrogen) atoms. The van der Waals surface area contributed by atoms with Gasteiger partial charge in [0.05, 0.1) is 12.7 Å². The first-order chi connectivity index (χ1) is 13.6. The van der Waals surface area contributed by atoms with Gasteiger partial charge in [0, 0.05) is 0 Å². The maximum atomic E-state index is 10.4. The van der Waals surface area contributed by atoms with Crippen LogP contribution in [0, 0.1) is 0 Å². The lowest BCUT2D eigenvalue weighted by molar-refractivity contribution is -0.0747. The van der Waals surface area contributed by atoms with E-state index >= 15 is 0 Å². The highest BCUT2D eigenvalue weighted by Crippen LogP contribution is 2.20.